The first kappa shape index (κ1) is 23.6. The Balaban J connectivity index is 1.59. The number of nitrogens with zero attached hydrogens (tertiary/aromatic N) is 2. The van der Waals surface area contributed by atoms with Gasteiger partial charge in [-0.25, -0.2) is 0 Å². The van der Waals surface area contributed by atoms with Gasteiger partial charge in [0.1, 0.15) is 5.75 Å². The summed E-state index contributed by atoms with van der Waals surface area (Å²) >= 11 is 5.50. The molecule has 1 atom stereocenters. The van der Waals surface area contributed by atoms with Crippen molar-refractivity contribution in [2.75, 3.05) is 51.8 Å². The van der Waals surface area contributed by atoms with Crippen LogP contribution in [-0.2, 0) is 4.74 Å². The first-order valence-corrected chi connectivity index (χ1v) is 11.2. The van der Waals surface area contributed by atoms with Crippen molar-refractivity contribution in [2.45, 2.75) is 44.6 Å². The van der Waals surface area contributed by atoms with Crippen LogP contribution < -0.4 is 15.0 Å². The first-order valence-electron chi connectivity index (χ1n) is 10.8. The minimum atomic E-state index is 0.283. The molecule has 1 saturated heterocycles. The minimum absolute atomic E-state index is 0.283. The van der Waals surface area contributed by atoms with Crippen molar-refractivity contribution in [3.05, 3.63) is 36.9 Å². The van der Waals surface area contributed by atoms with Crippen LogP contribution >= 0.6 is 12.2 Å². The second-order valence-electron chi connectivity index (χ2n) is 7.69. The largest absolute Gasteiger partial charge is 0.494 e. The average Bonchev–Trinajstić information content (AvgIpc) is 3.25. The van der Waals surface area contributed by atoms with Crippen molar-refractivity contribution in [2.24, 2.45) is 0 Å². The highest BCUT2D eigenvalue weighted by Gasteiger charge is 2.16. The third-order valence-electron chi connectivity index (χ3n) is 5.18. The summed E-state index contributed by atoms with van der Waals surface area (Å²) in [5.41, 5.74) is 1.05. The van der Waals surface area contributed by atoms with Crippen LogP contribution in [-0.4, -0.2) is 63.1 Å². The Bertz CT molecular complexity index is 603. The van der Waals surface area contributed by atoms with Crippen LogP contribution in [0.2, 0.25) is 0 Å². The van der Waals surface area contributed by atoms with Crippen LogP contribution in [0, 0.1) is 0 Å². The summed E-state index contributed by atoms with van der Waals surface area (Å²) in [6, 6.07) is 8.12. The summed E-state index contributed by atoms with van der Waals surface area (Å²) in [6.45, 7) is 8.26. The molecule has 5 nitrogen and oxygen atoms in total. The Morgan fingerprint density at radius 2 is 2.00 bits per heavy atom. The van der Waals surface area contributed by atoms with E-state index in [1.807, 2.05) is 42.3 Å². The van der Waals surface area contributed by atoms with Gasteiger partial charge in [-0.3, -0.25) is 0 Å². The van der Waals surface area contributed by atoms with Gasteiger partial charge in [0.25, 0.3) is 0 Å². The van der Waals surface area contributed by atoms with E-state index in [9.17, 15) is 0 Å². The summed E-state index contributed by atoms with van der Waals surface area (Å²) in [5, 5.41) is 4.02. The number of unbranched alkanes of at least 4 members (excludes halogenated alkanes) is 3. The van der Waals surface area contributed by atoms with Crippen molar-refractivity contribution in [3.63, 3.8) is 0 Å². The zero-order chi connectivity index (χ0) is 20.9. The molecule has 1 aromatic carbocycles. The molecule has 0 bridgehead atoms. The van der Waals surface area contributed by atoms with Gasteiger partial charge in [0.2, 0.25) is 0 Å². The van der Waals surface area contributed by atoms with Crippen molar-refractivity contribution >= 4 is 23.0 Å². The third-order valence-corrected chi connectivity index (χ3v) is 5.60. The molecule has 0 spiro atoms. The second-order valence-corrected chi connectivity index (χ2v) is 8.07. The summed E-state index contributed by atoms with van der Waals surface area (Å²) in [6.07, 6.45) is 9.24. The summed E-state index contributed by atoms with van der Waals surface area (Å²) in [7, 11) is 4.12. The molecule has 1 aromatic rings. The van der Waals surface area contributed by atoms with E-state index in [1.165, 1.54) is 19.3 Å². The molecule has 0 aromatic heterocycles. The van der Waals surface area contributed by atoms with Crippen LogP contribution in [0.5, 0.6) is 5.75 Å². The van der Waals surface area contributed by atoms with Gasteiger partial charge in [0.15, 0.2) is 5.11 Å². The lowest BCUT2D eigenvalue weighted by molar-refractivity contribution is 0.114. The van der Waals surface area contributed by atoms with E-state index in [1.54, 1.807) is 0 Å². The van der Waals surface area contributed by atoms with Gasteiger partial charge < -0.3 is 24.6 Å². The van der Waals surface area contributed by atoms with Gasteiger partial charge in [-0.1, -0.05) is 18.9 Å². The van der Waals surface area contributed by atoms with Crippen molar-refractivity contribution in [1.82, 2.24) is 10.2 Å². The Morgan fingerprint density at radius 3 is 2.69 bits per heavy atom. The number of rotatable bonds is 13. The fourth-order valence-corrected chi connectivity index (χ4v) is 3.54. The zero-order valence-corrected chi connectivity index (χ0v) is 18.9. The highest BCUT2D eigenvalue weighted by Crippen LogP contribution is 2.19. The Morgan fingerprint density at radius 1 is 1.24 bits per heavy atom. The molecule has 1 unspecified atom stereocenters. The Labute approximate surface area is 182 Å². The lowest BCUT2D eigenvalue weighted by Gasteiger charge is -2.22. The number of hydrogen-bond donors (Lipinski definition) is 1. The highest BCUT2D eigenvalue weighted by molar-refractivity contribution is 7.80. The molecular formula is C23H37N3O2S. The van der Waals surface area contributed by atoms with E-state index in [2.05, 4.69) is 23.8 Å². The van der Waals surface area contributed by atoms with E-state index >= 15 is 0 Å². The molecule has 29 heavy (non-hydrogen) atoms. The van der Waals surface area contributed by atoms with Gasteiger partial charge in [0, 0.05) is 32.4 Å². The molecule has 2 rings (SSSR count). The van der Waals surface area contributed by atoms with E-state index < -0.39 is 0 Å². The topological polar surface area (TPSA) is 37.0 Å². The third kappa shape index (κ3) is 9.15. The molecule has 6 heteroatoms. The molecule has 1 aliphatic rings. The molecule has 1 heterocycles. The summed E-state index contributed by atoms with van der Waals surface area (Å²) in [5.74, 6) is 0.908. The number of thiocarbonyl (C=S) groups is 1. The molecule has 1 N–H and O–H groups in total. The smallest absolute Gasteiger partial charge is 0.173 e. The zero-order valence-electron chi connectivity index (χ0n) is 18.1. The summed E-state index contributed by atoms with van der Waals surface area (Å²) < 4.78 is 11.5. The van der Waals surface area contributed by atoms with E-state index in [4.69, 9.17) is 21.7 Å². The fourth-order valence-electron chi connectivity index (χ4n) is 3.35. The van der Waals surface area contributed by atoms with Crippen LogP contribution in [0.25, 0.3) is 0 Å². The normalized spacial score (nSPS) is 16.0. The van der Waals surface area contributed by atoms with Crippen LogP contribution in [0.1, 0.15) is 38.5 Å². The van der Waals surface area contributed by atoms with Crippen LogP contribution in [0.3, 0.4) is 0 Å². The maximum Gasteiger partial charge on any atom is 0.173 e. The number of hydrogen-bond acceptors (Lipinski definition) is 4. The monoisotopic (exact) mass is 419 g/mol. The van der Waals surface area contributed by atoms with Gasteiger partial charge in [0.05, 0.1) is 12.7 Å². The molecule has 1 aliphatic heterocycles. The number of ether oxygens (including phenoxy) is 2. The van der Waals surface area contributed by atoms with Gasteiger partial charge in [-0.15, -0.1) is 6.58 Å². The SMILES string of the molecule is C=CCN(C)CCCCCCOc1ccc(N(C)C(=S)NCC2CCCO2)cc1. The van der Waals surface area contributed by atoms with E-state index in [0.29, 0.717) is 5.11 Å². The number of anilines is 1. The lowest BCUT2D eigenvalue weighted by Crippen LogP contribution is -2.40. The molecule has 0 radical (unpaired) electrons. The molecular weight excluding hydrogens is 382 g/mol. The van der Waals surface area contributed by atoms with E-state index in [0.717, 1.165) is 63.5 Å². The summed E-state index contributed by atoms with van der Waals surface area (Å²) in [4.78, 5) is 4.28. The van der Waals surface area contributed by atoms with Gasteiger partial charge >= 0.3 is 0 Å². The van der Waals surface area contributed by atoms with Gasteiger partial charge in [-0.2, -0.15) is 0 Å². The first-order chi connectivity index (χ1) is 14.1. The molecule has 0 aliphatic carbocycles. The lowest BCUT2D eigenvalue weighted by atomic mass is 10.2. The second kappa shape index (κ2) is 13.6. The molecule has 1 fully saturated rings. The minimum Gasteiger partial charge on any atom is -0.494 e. The molecule has 0 saturated carbocycles. The quantitative estimate of drug-likeness (QED) is 0.293. The fraction of sp³-hybridized carbons (Fsp3) is 0.609. The average molecular weight is 420 g/mol. The van der Waals surface area contributed by atoms with Crippen molar-refractivity contribution in [1.29, 1.82) is 0 Å². The molecule has 162 valence electrons. The maximum absolute atomic E-state index is 5.88. The van der Waals surface area contributed by atoms with E-state index in [-0.39, 0.29) is 6.10 Å². The van der Waals surface area contributed by atoms with Gasteiger partial charge in [-0.05, 0) is 75.8 Å². The predicted octanol–water partition coefficient (Wildman–Crippen LogP) is 4.23. The number of nitrogens with one attached hydrogen (secondary N) is 1. The number of likely N-dealkylation sites (N-methyl/N-ethyl adjacent to an activating group) is 1. The Hall–Kier alpha value is -1.63. The maximum atomic E-state index is 5.88. The van der Waals surface area contributed by atoms with Crippen LogP contribution in [0.4, 0.5) is 5.69 Å². The predicted molar refractivity (Wildman–Crippen MR) is 126 cm³/mol. The molecule has 0 amide bonds. The number of benzene rings is 1. The Kier molecular flexibility index (Phi) is 11.1. The highest BCUT2D eigenvalue weighted by atomic mass is 32.1. The van der Waals surface area contributed by atoms with Crippen molar-refractivity contribution in [3.8, 4) is 5.75 Å². The standard InChI is InChI=1S/C23H37N3O2S/c1-4-15-25(2)16-7-5-6-8-17-27-21-13-11-20(12-14-21)26(3)23(29)24-19-22-10-9-18-28-22/h4,11-14,22H,1,5-10,15-19H2,2-3H3,(H,24,29). The van der Waals surface area contributed by atoms with Crippen LogP contribution in [0.15, 0.2) is 36.9 Å². The van der Waals surface area contributed by atoms with Crippen molar-refractivity contribution < 1.29 is 9.47 Å².